The molecule has 1 aliphatic rings. The largest absolute Gasteiger partial charge is 0.384 e. The van der Waals surface area contributed by atoms with Gasteiger partial charge in [-0.1, -0.05) is 11.8 Å². The summed E-state index contributed by atoms with van der Waals surface area (Å²) >= 11 is 1.59. The Morgan fingerprint density at radius 2 is 2.07 bits per heavy atom. The molecule has 28 heavy (non-hydrogen) atoms. The highest BCUT2D eigenvalue weighted by Crippen LogP contribution is 2.21. The van der Waals surface area contributed by atoms with Gasteiger partial charge in [-0.3, -0.25) is 9.59 Å². The molecule has 0 aliphatic carbocycles. The van der Waals surface area contributed by atoms with Crippen molar-refractivity contribution in [1.82, 2.24) is 20.1 Å². The van der Waals surface area contributed by atoms with E-state index in [1.165, 1.54) is 0 Å². The lowest BCUT2D eigenvalue weighted by atomic mass is 10.2. The molecule has 2 amide bonds. The Balaban J connectivity index is 1.48. The van der Waals surface area contributed by atoms with Crippen LogP contribution in [0.25, 0.3) is 0 Å². The summed E-state index contributed by atoms with van der Waals surface area (Å²) in [7, 11) is 3.59. The maximum atomic E-state index is 12.3. The molecule has 150 valence electrons. The minimum Gasteiger partial charge on any atom is -0.384 e. The van der Waals surface area contributed by atoms with Crippen molar-refractivity contribution in [2.45, 2.75) is 24.4 Å². The van der Waals surface area contributed by atoms with E-state index in [4.69, 9.17) is 4.74 Å². The molecule has 1 N–H and O–H groups in total. The third-order valence-corrected chi connectivity index (χ3v) is 5.58. The summed E-state index contributed by atoms with van der Waals surface area (Å²) in [5.74, 6) is 1.64. The van der Waals surface area contributed by atoms with Crippen LogP contribution in [0.1, 0.15) is 29.0 Å². The van der Waals surface area contributed by atoms with Crippen molar-refractivity contribution in [3.05, 3.63) is 35.7 Å². The first-order valence-electron chi connectivity index (χ1n) is 9.29. The summed E-state index contributed by atoms with van der Waals surface area (Å²) < 4.78 is 6.98. The van der Waals surface area contributed by atoms with Crippen molar-refractivity contribution in [3.63, 3.8) is 0 Å². The van der Waals surface area contributed by atoms with Crippen molar-refractivity contribution in [1.29, 1.82) is 0 Å². The number of hydrogen-bond acceptors (Lipinski definition) is 6. The molecule has 1 saturated heterocycles. The van der Waals surface area contributed by atoms with E-state index in [9.17, 15) is 9.59 Å². The average Bonchev–Trinajstić information content (AvgIpc) is 3.28. The normalized spacial score (nSPS) is 13.9. The van der Waals surface area contributed by atoms with Gasteiger partial charge in [0.1, 0.15) is 5.82 Å². The first-order valence-corrected chi connectivity index (χ1v) is 10.3. The van der Waals surface area contributed by atoms with Crippen LogP contribution >= 0.6 is 11.8 Å². The quantitative estimate of drug-likeness (QED) is 0.506. The number of nitrogens with zero attached hydrogens (tertiary/aromatic N) is 4. The van der Waals surface area contributed by atoms with Crippen LogP contribution in [0, 0.1) is 0 Å². The first kappa shape index (κ1) is 20.3. The third-order valence-electron chi connectivity index (χ3n) is 4.59. The number of carbonyl (C=O) groups excluding carboxylic acids is 2. The van der Waals surface area contributed by atoms with E-state index in [-0.39, 0.29) is 11.8 Å². The molecule has 0 bridgehead atoms. The smallest absolute Gasteiger partial charge is 0.251 e. The van der Waals surface area contributed by atoms with Crippen LogP contribution in [0.3, 0.4) is 0 Å². The Morgan fingerprint density at radius 1 is 1.29 bits per heavy atom. The predicted octanol–water partition coefficient (Wildman–Crippen LogP) is 1.65. The van der Waals surface area contributed by atoms with Crippen molar-refractivity contribution in [2.75, 3.05) is 37.5 Å². The monoisotopic (exact) mass is 403 g/mol. The highest BCUT2D eigenvalue weighted by atomic mass is 32.2. The van der Waals surface area contributed by atoms with E-state index in [2.05, 4.69) is 15.5 Å². The van der Waals surface area contributed by atoms with Crippen molar-refractivity contribution < 1.29 is 14.3 Å². The molecule has 1 aromatic carbocycles. The maximum absolute atomic E-state index is 12.3. The van der Waals surface area contributed by atoms with E-state index in [0.29, 0.717) is 31.6 Å². The third kappa shape index (κ3) is 4.90. The molecule has 0 unspecified atom stereocenters. The van der Waals surface area contributed by atoms with E-state index in [1.807, 2.05) is 23.7 Å². The van der Waals surface area contributed by atoms with Gasteiger partial charge in [0.2, 0.25) is 5.91 Å². The molecular weight excluding hydrogens is 378 g/mol. The van der Waals surface area contributed by atoms with Crippen molar-refractivity contribution in [3.8, 4) is 0 Å². The van der Waals surface area contributed by atoms with Gasteiger partial charge in [-0.15, -0.1) is 10.2 Å². The molecule has 9 heteroatoms. The summed E-state index contributed by atoms with van der Waals surface area (Å²) in [6.07, 6.45) is 2.08. The highest BCUT2D eigenvalue weighted by molar-refractivity contribution is 7.99. The molecule has 3 rings (SSSR count). The number of aromatic nitrogens is 3. The fourth-order valence-electron chi connectivity index (χ4n) is 3.01. The summed E-state index contributed by atoms with van der Waals surface area (Å²) in [6, 6.07) is 7.15. The second kappa shape index (κ2) is 9.70. The molecule has 8 nitrogen and oxygen atoms in total. The zero-order valence-corrected chi connectivity index (χ0v) is 17.0. The Kier molecular flexibility index (Phi) is 7.05. The molecule has 1 fully saturated rings. The number of rotatable bonds is 9. The second-order valence-electron chi connectivity index (χ2n) is 6.50. The van der Waals surface area contributed by atoms with Gasteiger partial charge >= 0.3 is 0 Å². The number of amides is 2. The molecule has 0 atom stereocenters. The lowest BCUT2D eigenvalue weighted by Gasteiger charge is -2.15. The van der Waals surface area contributed by atoms with Crippen LogP contribution < -0.4 is 10.2 Å². The fraction of sp³-hybridized carbons (Fsp3) is 0.474. The predicted molar refractivity (Wildman–Crippen MR) is 108 cm³/mol. The number of hydrogen-bond donors (Lipinski definition) is 1. The summed E-state index contributed by atoms with van der Waals surface area (Å²) in [5, 5.41) is 12.1. The first-order chi connectivity index (χ1) is 13.6. The van der Waals surface area contributed by atoms with Crippen LogP contribution in [-0.4, -0.2) is 59.1 Å². The number of nitrogens with one attached hydrogen (secondary N) is 1. The summed E-state index contributed by atoms with van der Waals surface area (Å²) in [6.45, 7) is 1.88. The van der Waals surface area contributed by atoms with E-state index in [0.717, 1.165) is 35.4 Å². The minimum atomic E-state index is -0.142. The van der Waals surface area contributed by atoms with E-state index >= 15 is 0 Å². The average molecular weight is 404 g/mol. The molecule has 0 spiro atoms. The zero-order valence-electron chi connectivity index (χ0n) is 16.2. The fourth-order valence-corrected chi connectivity index (χ4v) is 3.84. The van der Waals surface area contributed by atoms with Gasteiger partial charge in [-0.05, 0) is 30.7 Å². The lowest BCUT2D eigenvalue weighted by molar-refractivity contribution is -0.117. The molecule has 0 saturated carbocycles. The number of anilines is 1. The number of carbonyl (C=O) groups is 2. The van der Waals surface area contributed by atoms with Gasteiger partial charge in [0.15, 0.2) is 5.16 Å². The van der Waals surface area contributed by atoms with Crippen LogP contribution in [0.2, 0.25) is 0 Å². The minimum absolute atomic E-state index is 0.139. The van der Waals surface area contributed by atoms with Crippen molar-refractivity contribution >= 4 is 29.3 Å². The molecule has 0 radical (unpaired) electrons. The molecule has 1 aliphatic heterocycles. The Labute approximate surface area is 168 Å². The number of thioether (sulfide) groups is 1. The Morgan fingerprint density at radius 3 is 2.75 bits per heavy atom. The Hall–Kier alpha value is -2.39. The van der Waals surface area contributed by atoms with E-state index < -0.39 is 0 Å². The molecular formula is C19H25N5O3S. The second-order valence-corrected chi connectivity index (χ2v) is 7.56. The summed E-state index contributed by atoms with van der Waals surface area (Å²) in [5.41, 5.74) is 1.42. The van der Waals surface area contributed by atoms with Crippen LogP contribution in [-0.2, 0) is 23.0 Å². The van der Waals surface area contributed by atoms with Gasteiger partial charge in [-0.2, -0.15) is 0 Å². The summed E-state index contributed by atoms with van der Waals surface area (Å²) in [4.78, 5) is 25.9. The molecule has 2 heterocycles. The van der Waals surface area contributed by atoms with Gasteiger partial charge in [0.05, 0.1) is 6.61 Å². The standard InChI is InChI=1S/C19H25N5O3S/c1-23-16(21-22-19(23)28-13-12-27-2)9-10-20-18(26)14-5-7-15(8-6-14)24-11-3-4-17(24)25/h5-8H,3-4,9-13H2,1-2H3,(H,20,26). The number of benzene rings is 1. The molecule has 2 aromatic rings. The van der Waals surface area contributed by atoms with Gasteiger partial charge < -0.3 is 19.5 Å². The van der Waals surface area contributed by atoms with Gasteiger partial charge in [0.25, 0.3) is 5.91 Å². The van der Waals surface area contributed by atoms with Crippen molar-refractivity contribution in [2.24, 2.45) is 7.05 Å². The molecule has 1 aromatic heterocycles. The van der Waals surface area contributed by atoms with Gasteiger partial charge in [0, 0.05) is 57.1 Å². The van der Waals surface area contributed by atoms with Crippen LogP contribution in [0.4, 0.5) is 5.69 Å². The number of methoxy groups -OCH3 is 1. The Bertz CT molecular complexity index is 821. The lowest BCUT2D eigenvalue weighted by Crippen LogP contribution is -2.27. The van der Waals surface area contributed by atoms with Gasteiger partial charge in [-0.25, -0.2) is 0 Å². The number of ether oxygens (including phenoxy) is 1. The highest BCUT2D eigenvalue weighted by Gasteiger charge is 2.21. The zero-order chi connectivity index (χ0) is 19.9. The van der Waals surface area contributed by atoms with Crippen LogP contribution in [0.5, 0.6) is 0 Å². The van der Waals surface area contributed by atoms with E-state index in [1.54, 1.807) is 35.9 Å². The SMILES string of the molecule is COCCSc1nnc(CCNC(=O)c2ccc(N3CCCC3=O)cc2)n1C. The van der Waals surface area contributed by atoms with Crippen LogP contribution in [0.15, 0.2) is 29.4 Å². The topological polar surface area (TPSA) is 89.4 Å². The maximum Gasteiger partial charge on any atom is 0.251 e.